The van der Waals surface area contributed by atoms with Gasteiger partial charge in [0.25, 0.3) is 0 Å². The van der Waals surface area contributed by atoms with Crippen molar-refractivity contribution >= 4 is 24.0 Å². The molecule has 1 saturated carbocycles. The van der Waals surface area contributed by atoms with Crippen LogP contribution in [0.3, 0.4) is 0 Å². The number of fused-ring (bicyclic) bond motifs is 4. The molecule has 1 aromatic rings. The molecule has 4 rings (SSSR count). The fourth-order valence-electron chi connectivity index (χ4n) is 3.74. The van der Waals surface area contributed by atoms with Crippen LogP contribution in [0.5, 0.6) is 0 Å². The lowest BCUT2D eigenvalue weighted by molar-refractivity contribution is 0.138. The van der Waals surface area contributed by atoms with Crippen LogP contribution in [0.15, 0.2) is 24.3 Å². The number of rotatable bonds is 4. The minimum atomic E-state index is -0.367. The van der Waals surface area contributed by atoms with Gasteiger partial charge in [-0.1, -0.05) is 23.7 Å². The SMILES string of the molecule is Cl.OC(CCN1CC2CCC(CC2)C1)c1ccc(Cl)cc1. The summed E-state index contributed by atoms with van der Waals surface area (Å²) in [6.45, 7) is 3.49. The smallest absolute Gasteiger partial charge is 0.0802 e. The monoisotopic (exact) mass is 329 g/mol. The van der Waals surface area contributed by atoms with E-state index < -0.39 is 0 Å². The Morgan fingerprint density at radius 1 is 1.05 bits per heavy atom. The van der Waals surface area contributed by atoms with Crippen molar-refractivity contribution in [2.24, 2.45) is 11.8 Å². The molecule has 2 bridgehead atoms. The molecule has 3 aliphatic rings. The van der Waals surface area contributed by atoms with Crippen molar-refractivity contribution in [2.45, 2.75) is 38.2 Å². The second kappa shape index (κ2) is 7.82. The number of hydrogen-bond acceptors (Lipinski definition) is 2. The molecular weight excluding hydrogens is 305 g/mol. The van der Waals surface area contributed by atoms with Crippen molar-refractivity contribution < 1.29 is 5.11 Å². The summed E-state index contributed by atoms with van der Waals surface area (Å²) in [6, 6.07) is 7.57. The van der Waals surface area contributed by atoms with E-state index in [1.165, 1.54) is 38.8 Å². The number of benzene rings is 1. The molecule has 1 aromatic carbocycles. The minimum absolute atomic E-state index is 0. The lowest BCUT2D eigenvalue weighted by Crippen LogP contribution is -2.30. The lowest BCUT2D eigenvalue weighted by atomic mass is 9.84. The van der Waals surface area contributed by atoms with Crippen LogP contribution in [0.25, 0.3) is 0 Å². The summed E-state index contributed by atoms with van der Waals surface area (Å²) >= 11 is 5.88. The molecule has 2 saturated heterocycles. The summed E-state index contributed by atoms with van der Waals surface area (Å²) < 4.78 is 0. The zero-order valence-electron chi connectivity index (χ0n) is 12.4. The summed E-state index contributed by atoms with van der Waals surface area (Å²) in [4.78, 5) is 2.58. The van der Waals surface area contributed by atoms with Gasteiger partial charge >= 0.3 is 0 Å². The Balaban J connectivity index is 0.00000161. The first-order valence-corrected chi connectivity index (χ1v) is 8.24. The average Bonchev–Trinajstić information content (AvgIpc) is 2.78. The molecule has 3 fully saturated rings. The van der Waals surface area contributed by atoms with Gasteiger partial charge in [-0.3, -0.25) is 0 Å². The van der Waals surface area contributed by atoms with Gasteiger partial charge in [0, 0.05) is 24.7 Å². The number of aliphatic hydroxyl groups excluding tert-OH is 1. The van der Waals surface area contributed by atoms with Gasteiger partial charge in [-0.25, -0.2) is 0 Å². The number of hydrogen-bond donors (Lipinski definition) is 1. The molecule has 0 amide bonds. The summed E-state index contributed by atoms with van der Waals surface area (Å²) in [5, 5.41) is 11.0. The number of aliphatic hydroxyl groups is 1. The van der Waals surface area contributed by atoms with Crippen LogP contribution >= 0.6 is 24.0 Å². The van der Waals surface area contributed by atoms with E-state index in [1.54, 1.807) is 0 Å². The van der Waals surface area contributed by atoms with Crippen LogP contribution in [0.4, 0.5) is 0 Å². The molecule has 1 atom stereocenters. The van der Waals surface area contributed by atoms with Gasteiger partial charge in [0.05, 0.1) is 6.10 Å². The molecular formula is C17H25Cl2NO. The van der Waals surface area contributed by atoms with Gasteiger partial charge < -0.3 is 10.0 Å². The normalized spacial score (nSPS) is 27.0. The van der Waals surface area contributed by atoms with Crippen LogP contribution in [0.2, 0.25) is 5.02 Å². The van der Waals surface area contributed by atoms with Gasteiger partial charge in [0.15, 0.2) is 0 Å². The molecule has 0 spiro atoms. The predicted octanol–water partition coefficient (Wildman–Crippen LogP) is 4.31. The summed E-state index contributed by atoms with van der Waals surface area (Å²) in [5.41, 5.74) is 0.979. The van der Waals surface area contributed by atoms with E-state index in [9.17, 15) is 5.11 Å². The van der Waals surface area contributed by atoms with E-state index in [0.717, 1.165) is 35.4 Å². The summed E-state index contributed by atoms with van der Waals surface area (Å²) in [6.07, 6.45) is 6.12. The Bertz CT molecular complexity index is 415. The van der Waals surface area contributed by atoms with Gasteiger partial charge in [0.1, 0.15) is 0 Å². The maximum Gasteiger partial charge on any atom is 0.0802 e. The van der Waals surface area contributed by atoms with Crippen LogP contribution in [-0.4, -0.2) is 29.6 Å². The quantitative estimate of drug-likeness (QED) is 0.889. The summed E-state index contributed by atoms with van der Waals surface area (Å²) in [5.74, 6) is 1.81. The molecule has 2 heterocycles. The highest BCUT2D eigenvalue weighted by Crippen LogP contribution is 2.34. The van der Waals surface area contributed by atoms with Crippen LogP contribution in [0, 0.1) is 11.8 Å². The highest BCUT2D eigenvalue weighted by Gasteiger charge is 2.29. The van der Waals surface area contributed by atoms with Gasteiger partial charge in [0.2, 0.25) is 0 Å². The van der Waals surface area contributed by atoms with Crippen molar-refractivity contribution in [1.29, 1.82) is 0 Å². The molecule has 2 nitrogen and oxygen atoms in total. The Morgan fingerprint density at radius 3 is 2.10 bits per heavy atom. The third kappa shape index (κ3) is 4.59. The molecule has 118 valence electrons. The first-order chi connectivity index (χ1) is 9.70. The van der Waals surface area contributed by atoms with Crippen molar-refractivity contribution in [3.8, 4) is 0 Å². The molecule has 4 heteroatoms. The van der Waals surface area contributed by atoms with Gasteiger partial charge in [-0.05, 0) is 61.6 Å². The Labute approximate surface area is 138 Å². The highest BCUT2D eigenvalue weighted by molar-refractivity contribution is 6.30. The van der Waals surface area contributed by atoms with Crippen LogP contribution in [-0.2, 0) is 0 Å². The predicted molar refractivity (Wildman–Crippen MR) is 90.2 cm³/mol. The van der Waals surface area contributed by atoms with E-state index in [1.807, 2.05) is 24.3 Å². The first kappa shape index (κ1) is 17.1. The number of halogens is 2. The fraction of sp³-hybridized carbons (Fsp3) is 0.647. The van der Waals surface area contributed by atoms with Crippen LogP contribution in [0.1, 0.15) is 43.8 Å². The van der Waals surface area contributed by atoms with Crippen molar-refractivity contribution in [1.82, 2.24) is 4.90 Å². The van der Waals surface area contributed by atoms with Crippen LogP contribution < -0.4 is 0 Å². The largest absolute Gasteiger partial charge is 0.388 e. The second-order valence-corrected chi connectivity index (χ2v) is 6.94. The standard InChI is InChI=1S/C17H24ClNO.ClH/c18-16-7-5-15(6-8-16)17(20)9-10-19-11-13-1-2-14(12-19)4-3-13;/h5-8,13-14,17,20H,1-4,9-12H2;1H. The third-order valence-corrected chi connectivity index (χ3v) is 5.22. The van der Waals surface area contributed by atoms with Crippen molar-refractivity contribution in [3.05, 3.63) is 34.9 Å². The molecule has 21 heavy (non-hydrogen) atoms. The van der Waals surface area contributed by atoms with E-state index in [0.29, 0.717) is 0 Å². The molecule has 1 aliphatic carbocycles. The van der Waals surface area contributed by atoms with Crippen molar-refractivity contribution in [3.63, 3.8) is 0 Å². The summed E-state index contributed by atoms with van der Waals surface area (Å²) in [7, 11) is 0. The maximum absolute atomic E-state index is 10.3. The molecule has 0 aromatic heterocycles. The van der Waals surface area contributed by atoms with Crippen molar-refractivity contribution in [2.75, 3.05) is 19.6 Å². The third-order valence-electron chi connectivity index (χ3n) is 4.97. The minimum Gasteiger partial charge on any atom is -0.388 e. The number of nitrogens with zero attached hydrogens (tertiary/aromatic N) is 1. The van der Waals surface area contributed by atoms with Gasteiger partial charge in [-0.15, -0.1) is 12.4 Å². The Morgan fingerprint density at radius 2 is 1.57 bits per heavy atom. The maximum atomic E-state index is 10.3. The lowest BCUT2D eigenvalue weighted by Gasteiger charge is -2.23. The molecule has 1 unspecified atom stereocenters. The molecule has 1 N–H and O–H groups in total. The zero-order chi connectivity index (χ0) is 13.9. The van der Waals surface area contributed by atoms with E-state index in [2.05, 4.69) is 4.90 Å². The van der Waals surface area contributed by atoms with E-state index in [4.69, 9.17) is 11.6 Å². The van der Waals surface area contributed by atoms with E-state index >= 15 is 0 Å². The molecule has 2 aliphatic heterocycles. The zero-order valence-corrected chi connectivity index (χ0v) is 14.0. The van der Waals surface area contributed by atoms with E-state index in [-0.39, 0.29) is 18.5 Å². The Hall–Kier alpha value is -0.280. The molecule has 0 radical (unpaired) electrons. The Kier molecular flexibility index (Phi) is 6.36. The van der Waals surface area contributed by atoms with Gasteiger partial charge in [-0.2, -0.15) is 0 Å². The second-order valence-electron chi connectivity index (χ2n) is 6.50. The first-order valence-electron chi connectivity index (χ1n) is 7.86. The fourth-order valence-corrected chi connectivity index (χ4v) is 3.87. The highest BCUT2D eigenvalue weighted by atomic mass is 35.5. The topological polar surface area (TPSA) is 23.5 Å². The average molecular weight is 330 g/mol.